The Bertz CT molecular complexity index is 2360. The summed E-state index contributed by atoms with van der Waals surface area (Å²) in [6, 6.07) is 24.6. The van der Waals surface area contributed by atoms with Crippen molar-refractivity contribution in [3.8, 4) is 11.3 Å². The van der Waals surface area contributed by atoms with Gasteiger partial charge in [0.2, 0.25) is 5.78 Å². The summed E-state index contributed by atoms with van der Waals surface area (Å²) in [4.78, 5) is 31.8. The number of nitrogens with one attached hydrogen (secondary N) is 1. The average molecular weight is 873 g/mol. The molecule has 0 aliphatic heterocycles. The van der Waals surface area contributed by atoms with Crippen LogP contribution in [0.5, 0.6) is 0 Å². The molecule has 2 heterocycles. The molecule has 7 nitrogen and oxygen atoms in total. The number of allylic oxidation sites excluding steroid dienone is 2. The first-order chi connectivity index (χ1) is 29.0. The van der Waals surface area contributed by atoms with E-state index in [-0.39, 0.29) is 46.6 Å². The fourth-order valence-electron chi connectivity index (χ4n) is 9.19. The molecule has 8 rings (SSSR count). The van der Waals surface area contributed by atoms with E-state index in [9.17, 15) is 33.0 Å². The van der Waals surface area contributed by atoms with E-state index >= 15 is 0 Å². The quantitative estimate of drug-likeness (QED) is 0.0958. The third-order valence-electron chi connectivity index (χ3n) is 12.9. The Hall–Kier alpha value is -4.68. The Kier molecular flexibility index (Phi) is 13.3. The van der Waals surface area contributed by atoms with Gasteiger partial charge >= 0.3 is 12.2 Å². The number of carbonyl (C=O) groups is 2. The Morgan fingerprint density at radius 3 is 2.54 bits per heavy atom. The minimum absolute atomic E-state index is 0.00436. The van der Waals surface area contributed by atoms with Gasteiger partial charge in [-0.05, 0) is 136 Å². The van der Waals surface area contributed by atoms with E-state index in [4.69, 9.17) is 16.0 Å². The lowest BCUT2D eigenvalue weighted by Gasteiger charge is -2.46. The number of carbonyl (C=O) groups excluding carboxylic acids is 2. The second-order valence-electron chi connectivity index (χ2n) is 17.0. The van der Waals surface area contributed by atoms with Crippen LogP contribution in [-0.4, -0.2) is 51.7 Å². The van der Waals surface area contributed by atoms with Crippen molar-refractivity contribution in [2.24, 2.45) is 5.41 Å². The molecule has 3 aliphatic rings. The summed E-state index contributed by atoms with van der Waals surface area (Å²) < 4.78 is 47.0. The van der Waals surface area contributed by atoms with Crippen LogP contribution in [0.4, 0.5) is 18.0 Å². The standard InChI is InChI=1S/C49H52ClF3N2O5S/c1-31-9-7-23-47(3)41(21-24-48(47,59)30-55(25-22-37-12-8-26-61-37)46(58)54-32(2)34-10-5-4-6-11-34)38-17-14-33(27-36(56)16-13-31)28-39(38)45(57)44-20-19-43(60-44)40-29-35(49(51,52)53)15-18-42(40)50/h4-6,8-12,14-15,17-20,26,28-29,32,36,41,56,59H,7,13,16,21-25,27,30H2,1-3H3,(H,54,58)/t32-,36+,41+,47+,48-/m1/s1. The molecule has 0 saturated heterocycles. The summed E-state index contributed by atoms with van der Waals surface area (Å²) in [6.45, 7) is 6.50. The number of thiophene rings is 1. The Balaban J connectivity index is 1.26. The topological polar surface area (TPSA) is 103 Å². The highest BCUT2D eigenvalue weighted by molar-refractivity contribution is 7.09. The zero-order valence-electron chi connectivity index (χ0n) is 34.6. The molecule has 2 amide bonds. The molecule has 5 aromatic rings. The number of ketones is 1. The number of furan rings is 1. The van der Waals surface area contributed by atoms with Crippen molar-refractivity contribution in [1.29, 1.82) is 0 Å². The second-order valence-corrected chi connectivity index (χ2v) is 18.4. The lowest BCUT2D eigenvalue weighted by Crippen LogP contribution is -2.56. The van der Waals surface area contributed by atoms with E-state index in [0.29, 0.717) is 69.0 Å². The van der Waals surface area contributed by atoms with Gasteiger partial charge in [-0.15, -0.1) is 11.3 Å². The Morgan fingerprint density at radius 2 is 1.80 bits per heavy atom. The molecule has 2 bridgehead atoms. The molecular weight excluding hydrogens is 821 g/mol. The van der Waals surface area contributed by atoms with Crippen molar-refractivity contribution < 1.29 is 37.4 Å². The molecule has 3 aliphatic carbocycles. The third kappa shape index (κ3) is 9.86. The number of urea groups is 1. The summed E-state index contributed by atoms with van der Waals surface area (Å²) in [5, 5.41) is 29.4. The maximum Gasteiger partial charge on any atom is 0.416 e. The van der Waals surface area contributed by atoms with Gasteiger partial charge in [-0.2, -0.15) is 13.2 Å². The van der Waals surface area contributed by atoms with Gasteiger partial charge in [-0.1, -0.05) is 78.7 Å². The number of alkyl halides is 3. The predicted octanol–water partition coefficient (Wildman–Crippen LogP) is 12.0. The summed E-state index contributed by atoms with van der Waals surface area (Å²) in [5.41, 5.74) is 0.769. The summed E-state index contributed by atoms with van der Waals surface area (Å²) in [7, 11) is 0. The average Bonchev–Trinajstić information content (AvgIpc) is 3.99. The van der Waals surface area contributed by atoms with Gasteiger partial charge in [0.15, 0.2) is 5.76 Å². The molecule has 0 spiro atoms. The van der Waals surface area contributed by atoms with Crippen LogP contribution in [-0.2, 0) is 19.0 Å². The molecule has 322 valence electrons. The van der Waals surface area contributed by atoms with Gasteiger partial charge < -0.3 is 24.8 Å². The summed E-state index contributed by atoms with van der Waals surface area (Å²) in [5.74, 6) is -0.890. The predicted molar refractivity (Wildman–Crippen MR) is 234 cm³/mol. The monoisotopic (exact) mass is 872 g/mol. The zero-order chi connectivity index (χ0) is 43.5. The molecule has 1 fully saturated rings. The highest BCUT2D eigenvalue weighted by Gasteiger charge is 2.57. The van der Waals surface area contributed by atoms with Crippen LogP contribution in [0, 0.1) is 5.41 Å². The first-order valence-corrected chi connectivity index (χ1v) is 22.1. The lowest BCUT2D eigenvalue weighted by molar-refractivity contribution is -0.137. The number of rotatable bonds is 10. The van der Waals surface area contributed by atoms with Gasteiger partial charge in [0.05, 0.1) is 34.9 Å². The largest absolute Gasteiger partial charge is 0.453 e. The third-order valence-corrected chi connectivity index (χ3v) is 14.2. The smallest absolute Gasteiger partial charge is 0.416 e. The van der Waals surface area contributed by atoms with Crippen LogP contribution in [0.25, 0.3) is 11.3 Å². The lowest BCUT2D eigenvalue weighted by atomic mass is 9.64. The SMILES string of the molecule is CC1=CCC[C@@]2(C)[C@@H](CC[C@@]2(O)CN(CCc2cccs2)C(=O)N[C@H](C)c2ccccc2)c2ccc(cc2C(=O)c2ccc(-c3cc(C(F)(F)F)ccc3Cl)o2)C[C@@H](O)CC1. The van der Waals surface area contributed by atoms with E-state index in [1.165, 1.54) is 12.1 Å². The van der Waals surface area contributed by atoms with E-state index in [1.54, 1.807) is 22.3 Å². The maximum atomic E-state index is 14.7. The zero-order valence-corrected chi connectivity index (χ0v) is 36.2. The minimum Gasteiger partial charge on any atom is -0.453 e. The van der Waals surface area contributed by atoms with Crippen molar-refractivity contribution in [1.82, 2.24) is 10.2 Å². The number of halogens is 4. The van der Waals surface area contributed by atoms with E-state index in [1.807, 2.05) is 66.9 Å². The fraction of sp³-hybridized carbons (Fsp3) is 0.388. The number of hydrogen-bond acceptors (Lipinski definition) is 6. The Labute approximate surface area is 364 Å². The molecule has 61 heavy (non-hydrogen) atoms. The molecule has 3 N–H and O–H groups in total. The van der Waals surface area contributed by atoms with Crippen LogP contribution in [0.2, 0.25) is 5.02 Å². The van der Waals surface area contributed by atoms with Crippen molar-refractivity contribution in [3.63, 3.8) is 0 Å². The van der Waals surface area contributed by atoms with Crippen molar-refractivity contribution in [2.75, 3.05) is 13.1 Å². The number of nitrogens with zero attached hydrogens (tertiary/aromatic N) is 1. The van der Waals surface area contributed by atoms with Gasteiger partial charge in [0.1, 0.15) is 5.76 Å². The minimum atomic E-state index is -4.61. The molecule has 1 saturated carbocycles. The molecule has 12 heteroatoms. The van der Waals surface area contributed by atoms with Gasteiger partial charge in [0.25, 0.3) is 0 Å². The highest BCUT2D eigenvalue weighted by Crippen LogP contribution is 2.59. The van der Waals surface area contributed by atoms with Gasteiger partial charge in [-0.3, -0.25) is 4.79 Å². The number of aliphatic hydroxyl groups is 2. The number of hydrogen-bond donors (Lipinski definition) is 3. The van der Waals surface area contributed by atoms with E-state index in [0.717, 1.165) is 39.8 Å². The van der Waals surface area contributed by atoms with Crippen LogP contribution in [0.15, 0.2) is 112 Å². The molecule has 3 aromatic carbocycles. The van der Waals surface area contributed by atoms with Gasteiger partial charge in [-0.25, -0.2) is 4.79 Å². The summed E-state index contributed by atoms with van der Waals surface area (Å²) in [6.07, 6.45) is 1.07. The van der Waals surface area contributed by atoms with Crippen LogP contribution in [0.1, 0.15) is 115 Å². The highest BCUT2D eigenvalue weighted by atomic mass is 35.5. The van der Waals surface area contributed by atoms with Gasteiger partial charge in [0, 0.05) is 28.0 Å². The van der Waals surface area contributed by atoms with Crippen LogP contribution in [0.3, 0.4) is 0 Å². The number of benzene rings is 3. The molecule has 5 atom stereocenters. The molecule has 0 unspecified atom stereocenters. The number of amides is 2. The normalized spacial score (nSPS) is 22.5. The first kappa shape index (κ1) is 44.4. The molecular formula is C49H52ClF3N2O5S. The second kappa shape index (κ2) is 18.3. The number of aliphatic hydroxyl groups excluding tert-OH is 1. The fourth-order valence-corrected chi connectivity index (χ4v) is 10.1. The van der Waals surface area contributed by atoms with E-state index < -0.39 is 34.6 Å². The van der Waals surface area contributed by atoms with Crippen LogP contribution < -0.4 is 5.32 Å². The maximum absolute atomic E-state index is 14.7. The number of fused-ring (bicyclic) bond motifs is 8. The summed E-state index contributed by atoms with van der Waals surface area (Å²) >= 11 is 7.98. The Morgan fingerprint density at radius 1 is 1.02 bits per heavy atom. The van der Waals surface area contributed by atoms with E-state index in [2.05, 4.69) is 25.2 Å². The molecule has 2 aromatic heterocycles. The molecule has 0 radical (unpaired) electrons. The van der Waals surface area contributed by atoms with Crippen molar-refractivity contribution >= 4 is 34.8 Å². The first-order valence-electron chi connectivity index (χ1n) is 20.9. The van der Waals surface area contributed by atoms with Crippen molar-refractivity contribution in [3.05, 3.63) is 152 Å². The van der Waals surface area contributed by atoms with Crippen molar-refractivity contribution in [2.45, 2.75) is 102 Å². The van der Waals surface area contributed by atoms with Crippen LogP contribution >= 0.6 is 22.9 Å².